The van der Waals surface area contributed by atoms with Gasteiger partial charge in [0.05, 0.1) is 5.92 Å². The van der Waals surface area contributed by atoms with Crippen molar-refractivity contribution in [3.8, 4) is 22.9 Å². The predicted octanol–water partition coefficient (Wildman–Crippen LogP) is 3.43. The van der Waals surface area contributed by atoms with E-state index in [0.717, 1.165) is 5.56 Å². The third-order valence-corrected chi connectivity index (χ3v) is 5.00. The molecule has 1 amide bonds. The molecule has 3 heterocycles. The Morgan fingerprint density at radius 1 is 1.14 bits per heavy atom. The van der Waals surface area contributed by atoms with Crippen LogP contribution in [0.25, 0.3) is 11.4 Å². The summed E-state index contributed by atoms with van der Waals surface area (Å²) < 4.78 is 29.5. The molecule has 0 spiro atoms. The number of nitrogens with zero attached hydrogens (tertiary/aromatic N) is 3. The van der Waals surface area contributed by atoms with Crippen LogP contribution in [0.2, 0.25) is 0 Å². The molecule has 0 aliphatic carbocycles. The summed E-state index contributed by atoms with van der Waals surface area (Å²) in [6.45, 7) is 2.39. The van der Waals surface area contributed by atoms with Crippen LogP contribution in [0.3, 0.4) is 0 Å². The summed E-state index contributed by atoms with van der Waals surface area (Å²) in [5, 5.41) is 4.05. The first-order valence-electron chi connectivity index (χ1n) is 8.88. The number of ether oxygens (including phenoxy) is 2. The lowest BCUT2D eigenvalue weighted by molar-refractivity contribution is -0.117. The van der Waals surface area contributed by atoms with Crippen molar-refractivity contribution >= 4 is 11.6 Å². The van der Waals surface area contributed by atoms with Gasteiger partial charge in [-0.05, 0) is 48.9 Å². The number of aryl methyl sites for hydroxylation is 1. The first kappa shape index (κ1) is 16.7. The van der Waals surface area contributed by atoms with Gasteiger partial charge in [0.25, 0.3) is 0 Å². The second-order valence-electron chi connectivity index (χ2n) is 6.86. The number of hydrogen-bond acceptors (Lipinski definition) is 6. The monoisotopic (exact) mass is 381 g/mol. The minimum atomic E-state index is -0.324. The zero-order chi connectivity index (χ0) is 19.3. The molecule has 2 aliphatic rings. The molecule has 1 atom stereocenters. The molecule has 1 aromatic heterocycles. The summed E-state index contributed by atoms with van der Waals surface area (Å²) >= 11 is 0. The standard InChI is InChI=1S/C20H16FN3O4/c1-11-6-14(21)3-4-15(11)24-9-13(8-18(24)25)20-22-19(23-28-20)12-2-5-16-17(7-12)27-10-26-16/h2-7,13H,8-10H2,1H3. The van der Waals surface area contributed by atoms with E-state index in [1.807, 2.05) is 6.07 Å². The van der Waals surface area contributed by atoms with E-state index in [1.54, 1.807) is 30.0 Å². The van der Waals surface area contributed by atoms with E-state index >= 15 is 0 Å². The highest BCUT2D eigenvalue weighted by molar-refractivity contribution is 5.97. The van der Waals surface area contributed by atoms with E-state index in [4.69, 9.17) is 14.0 Å². The summed E-state index contributed by atoms with van der Waals surface area (Å²) in [6.07, 6.45) is 0.263. The zero-order valence-electron chi connectivity index (χ0n) is 15.0. The van der Waals surface area contributed by atoms with E-state index in [-0.39, 0.29) is 30.9 Å². The van der Waals surface area contributed by atoms with Crippen molar-refractivity contribution in [1.82, 2.24) is 10.1 Å². The minimum absolute atomic E-state index is 0.0532. The fraction of sp³-hybridized carbons (Fsp3) is 0.250. The molecule has 0 radical (unpaired) electrons. The van der Waals surface area contributed by atoms with Crippen molar-refractivity contribution in [1.29, 1.82) is 0 Å². The molecule has 5 rings (SSSR count). The summed E-state index contributed by atoms with van der Waals surface area (Å²) in [5.41, 5.74) is 2.15. The van der Waals surface area contributed by atoms with Gasteiger partial charge in [0.1, 0.15) is 5.82 Å². The van der Waals surface area contributed by atoms with E-state index in [1.165, 1.54) is 12.1 Å². The number of anilines is 1. The highest BCUT2D eigenvalue weighted by Crippen LogP contribution is 2.37. The molecule has 8 heteroatoms. The Morgan fingerprint density at radius 3 is 2.86 bits per heavy atom. The van der Waals surface area contributed by atoms with Gasteiger partial charge in [-0.1, -0.05) is 5.16 Å². The average molecular weight is 381 g/mol. The van der Waals surface area contributed by atoms with Crippen molar-refractivity contribution < 1.29 is 23.2 Å². The van der Waals surface area contributed by atoms with E-state index in [0.29, 0.717) is 41.0 Å². The highest BCUT2D eigenvalue weighted by atomic mass is 19.1. The Bertz CT molecular complexity index is 1080. The maximum Gasteiger partial charge on any atom is 0.232 e. The Kier molecular flexibility index (Phi) is 3.78. The minimum Gasteiger partial charge on any atom is -0.454 e. The molecular weight excluding hydrogens is 365 g/mol. The summed E-state index contributed by atoms with van der Waals surface area (Å²) in [4.78, 5) is 18.6. The van der Waals surface area contributed by atoms with Crippen LogP contribution in [0, 0.1) is 12.7 Å². The molecule has 0 N–H and O–H groups in total. The molecule has 1 unspecified atom stereocenters. The Balaban J connectivity index is 1.38. The van der Waals surface area contributed by atoms with Gasteiger partial charge in [0.2, 0.25) is 24.4 Å². The predicted molar refractivity (Wildman–Crippen MR) is 96.7 cm³/mol. The van der Waals surface area contributed by atoms with Crippen LogP contribution in [0.1, 0.15) is 23.8 Å². The molecule has 0 bridgehead atoms. The number of aromatic nitrogens is 2. The van der Waals surface area contributed by atoms with Crippen molar-refractivity contribution in [3.05, 3.63) is 53.7 Å². The van der Waals surface area contributed by atoms with Gasteiger partial charge in [0.15, 0.2) is 11.5 Å². The fourth-order valence-corrected chi connectivity index (χ4v) is 3.58. The third-order valence-electron chi connectivity index (χ3n) is 5.00. The number of fused-ring (bicyclic) bond motifs is 1. The van der Waals surface area contributed by atoms with Gasteiger partial charge in [0, 0.05) is 24.2 Å². The lowest BCUT2D eigenvalue weighted by atomic mass is 10.1. The Morgan fingerprint density at radius 2 is 2.00 bits per heavy atom. The summed E-state index contributed by atoms with van der Waals surface area (Å²) in [7, 11) is 0. The van der Waals surface area contributed by atoms with Crippen LogP contribution in [-0.2, 0) is 4.79 Å². The molecule has 2 aliphatic heterocycles. The van der Waals surface area contributed by atoms with E-state index in [2.05, 4.69) is 10.1 Å². The van der Waals surface area contributed by atoms with Gasteiger partial charge in [-0.2, -0.15) is 4.98 Å². The maximum atomic E-state index is 13.4. The van der Waals surface area contributed by atoms with Crippen molar-refractivity contribution in [2.75, 3.05) is 18.2 Å². The van der Waals surface area contributed by atoms with Crippen LogP contribution in [-0.4, -0.2) is 29.4 Å². The third kappa shape index (κ3) is 2.77. The molecule has 2 aromatic carbocycles. The summed E-state index contributed by atoms with van der Waals surface area (Å²) in [5.74, 6) is 1.56. The topological polar surface area (TPSA) is 77.7 Å². The zero-order valence-corrected chi connectivity index (χ0v) is 15.0. The molecule has 142 valence electrons. The molecular formula is C20H16FN3O4. The Hall–Kier alpha value is -3.42. The van der Waals surface area contributed by atoms with Gasteiger partial charge < -0.3 is 18.9 Å². The lowest BCUT2D eigenvalue weighted by Gasteiger charge is -2.18. The fourth-order valence-electron chi connectivity index (χ4n) is 3.58. The second kappa shape index (κ2) is 6.33. The van der Waals surface area contributed by atoms with E-state index < -0.39 is 0 Å². The maximum absolute atomic E-state index is 13.4. The molecule has 1 saturated heterocycles. The highest BCUT2D eigenvalue weighted by Gasteiger charge is 2.35. The van der Waals surface area contributed by atoms with Gasteiger partial charge in [-0.3, -0.25) is 4.79 Å². The quantitative estimate of drug-likeness (QED) is 0.692. The van der Waals surface area contributed by atoms with Crippen LogP contribution < -0.4 is 14.4 Å². The molecule has 1 fully saturated rings. The van der Waals surface area contributed by atoms with Crippen LogP contribution >= 0.6 is 0 Å². The lowest BCUT2D eigenvalue weighted by Crippen LogP contribution is -2.25. The van der Waals surface area contributed by atoms with Crippen LogP contribution in [0.15, 0.2) is 40.9 Å². The van der Waals surface area contributed by atoms with Crippen molar-refractivity contribution in [3.63, 3.8) is 0 Å². The number of carbonyl (C=O) groups excluding carboxylic acids is 1. The van der Waals surface area contributed by atoms with Crippen molar-refractivity contribution in [2.24, 2.45) is 0 Å². The molecule has 7 nitrogen and oxygen atoms in total. The second-order valence-corrected chi connectivity index (χ2v) is 6.86. The number of hydrogen-bond donors (Lipinski definition) is 0. The normalized spacial score (nSPS) is 18.1. The number of carbonyl (C=O) groups is 1. The first-order chi connectivity index (χ1) is 13.6. The smallest absolute Gasteiger partial charge is 0.232 e. The number of benzene rings is 2. The first-order valence-corrected chi connectivity index (χ1v) is 8.88. The number of halogens is 1. The number of rotatable bonds is 3. The number of amides is 1. The van der Waals surface area contributed by atoms with E-state index in [9.17, 15) is 9.18 Å². The Labute approximate surface area is 159 Å². The average Bonchev–Trinajstić information content (AvgIpc) is 3.40. The largest absolute Gasteiger partial charge is 0.454 e. The van der Waals surface area contributed by atoms with Gasteiger partial charge >= 0.3 is 0 Å². The SMILES string of the molecule is Cc1cc(F)ccc1N1CC(c2nc(-c3ccc4c(c3)OCO4)no2)CC1=O. The molecule has 3 aromatic rings. The molecule has 28 heavy (non-hydrogen) atoms. The van der Waals surface area contributed by atoms with Crippen LogP contribution in [0.5, 0.6) is 11.5 Å². The van der Waals surface area contributed by atoms with Crippen LogP contribution in [0.4, 0.5) is 10.1 Å². The van der Waals surface area contributed by atoms with Gasteiger partial charge in [-0.25, -0.2) is 4.39 Å². The van der Waals surface area contributed by atoms with Gasteiger partial charge in [-0.15, -0.1) is 0 Å². The van der Waals surface area contributed by atoms with Crippen molar-refractivity contribution in [2.45, 2.75) is 19.3 Å². The molecule has 0 saturated carbocycles. The summed E-state index contributed by atoms with van der Waals surface area (Å²) in [6, 6.07) is 9.82.